The molecule has 0 unspecified atom stereocenters. The van der Waals surface area contributed by atoms with E-state index < -0.39 is 6.03 Å². The van der Waals surface area contributed by atoms with Crippen molar-refractivity contribution >= 4 is 6.03 Å². The third-order valence-corrected chi connectivity index (χ3v) is 0. The van der Waals surface area contributed by atoms with Crippen LogP contribution >= 0.6 is 0 Å². The van der Waals surface area contributed by atoms with Gasteiger partial charge in [-0.25, -0.2) is 4.79 Å². The van der Waals surface area contributed by atoms with Gasteiger partial charge in [-0.15, -0.1) is 0 Å². The number of amides is 2. The van der Waals surface area contributed by atoms with Crippen LogP contribution in [0.3, 0.4) is 0 Å². The molecule has 0 rings (SSSR count). The molecule has 0 saturated heterocycles. The number of carbonyl (C=O) groups is 1. The van der Waals surface area contributed by atoms with Crippen molar-refractivity contribution in [3.8, 4) is 0 Å². The van der Waals surface area contributed by atoms with Crippen molar-refractivity contribution in [2.75, 3.05) is 0 Å². The Morgan fingerprint density at radius 3 is 1.40 bits per heavy atom. The minimum absolute atomic E-state index is 0. The van der Waals surface area contributed by atoms with Crippen molar-refractivity contribution in [3.63, 3.8) is 0 Å². The summed E-state index contributed by atoms with van der Waals surface area (Å²) in [6.07, 6.45) is 0. The van der Waals surface area contributed by atoms with E-state index in [1.807, 2.05) is 0 Å². The normalized spacial score (nSPS) is 4.80. The van der Waals surface area contributed by atoms with E-state index in [1.54, 1.807) is 0 Å². The molecule has 3 nitrogen and oxygen atoms in total. The summed E-state index contributed by atoms with van der Waals surface area (Å²) >= 11 is 0. The first-order valence-electron chi connectivity index (χ1n) is 0.781. The van der Waals surface area contributed by atoms with E-state index in [9.17, 15) is 0 Å². The Morgan fingerprint density at radius 2 is 1.40 bits per heavy atom. The molecule has 0 atom stereocenters. The monoisotopic (exact) mass is 244 g/mol. The van der Waals surface area contributed by atoms with E-state index in [4.69, 9.17) is 4.79 Å². The van der Waals surface area contributed by atoms with Gasteiger partial charge in [0.2, 0.25) is 0 Å². The van der Waals surface area contributed by atoms with Gasteiger partial charge >= 0.3 is 27.1 Å². The van der Waals surface area contributed by atoms with Crippen molar-refractivity contribution in [2.24, 2.45) is 11.5 Å². The van der Waals surface area contributed by atoms with E-state index in [0.29, 0.717) is 0 Å². The molecule has 0 saturated carbocycles. The SMILES string of the molecule is NC(N)=O.[W+2]. The number of nitrogens with two attached hydrogens (primary N) is 2. The fourth-order valence-electron chi connectivity index (χ4n) is 0. The van der Waals surface area contributed by atoms with Crippen molar-refractivity contribution in [2.45, 2.75) is 0 Å². The molecule has 0 bridgehead atoms. The van der Waals surface area contributed by atoms with Crippen LogP contribution in [-0.2, 0) is 21.1 Å². The van der Waals surface area contributed by atoms with Crippen LogP contribution in [0.5, 0.6) is 0 Å². The predicted molar refractivity (Wildman–Crippen MR) is 13.8 cm³/mol. The van der Waals surface area contributed by atoms with Gasteiger partial charge in [0.1, 0.15) is 0 Å². The molecule has 0 aromatic heterocycles. The zero-order valence-corrected chi connectivity index (χ0v) is 5.40. The summed E-state index contributed by atoms with van der Waals surface area (Å²) in [5, 5.41) is 0. The molecule has 0 aromatic carbocycles. The number of carbonyl (C=O) groups excluding carboxylic acids is 1. The van der Waals surface area contributed by atoms with Crippen LogP contribution in [0.25, 0.3) is 0 Å². The molecule has 4 N–H and O–H groups in total. The molecule has 0 heterocycles. The zero-order chi connectivity index (χ0) is 3.58. The summed E-state index contributed by atoms with van der Waals surface area (Å²) in [4.78, 5) is 9.00. The van der Waals surface area contributed by atoms with E-state index in [2.05, 4.69) is 11.5 Å². The van der Waals surface area contributed by atoms with Gasteiger partial charge in [0, 0.05) is 0 Å². The molecular weight excluding hydrogens is 240 g/mol. The molecule has 0 spiro atoms. The van der Waals surface area contributed by atoms with Crippen LogP contribution in [-0.4, -0.2) is 6.03 Å². The number of urea groups is 1. The molecule has 2 amide bonds. The predicted octanol–water partition coefficient (Wildman–Crippen LogP) is -0.979. The maximum Gasteiger partial charge on any atom is 2.00 e. The molecular formula is CH4N2OW+2. The first kappa shape index (κ1) is 8.88. The maximum absolute atomic E-state index is 9.00. The van der Waals surface area contributed by atoms with Gasteiger partial charge in [-0.3, -0.25) is 0 Å². The Kier molecular flexibility index (Phi) is 7.03. The second-order valence-corrected chi connectivity index (χ2v) is 0.402. The first-order valence-corrected chi connectivity index (χ1v) is 0.781. The molecule has 0 aliphatic rings. The van der Waals surface area contributed by atoms with Crippen molar-refractivity contribution in [1.82, 2.24) is 0 Å². The Morgan fingerprint density at radius 1 is 1.40 bits per heavy atom. The molecule has 4 heteroatoms. The fraction of sp³-hybridized carbons (Fsp3) is 0. The molecule has 5 heavy (non-hydrogen) atoms. The number of hydrogen-bond donors (Lipinski definition) is 2. The summed E-state index contributed by atoms with van der Waals surface area (Å²) in [6.45, 7) is 0. The molecule has 0 aliphatic carbocycles. The standard InChI is InChI=1S/CH4N2O.W/c2-1(3)4;/h(H4,2,3,4);/q;+2. The van der Waals surface area contributed by atoms with Gasteiger partial charge in [0.25, 0.3) is 0 Å². The number of hydrogen-bond acceptors (Lipinski definition) is 1. The van der Waals surface area contributed by atoms with Gasteiger partial charge < -0.3 is 11.5 Å². The van der Waals surface area contributed by atoms with Crippen LogP contribution in [0.1, 0.15) is 0 Å². The van der Waals surface area contributed by atoms with Gasteiger partial charge in [0.05, 0.1) is 0 Å². The summed E-state index contributed by atoms with van der Waals surface area (Å²) in [6, 6.07) is -0.833. The Balaban J connectivity index is 0. The zero-order valence-electron chi connectivity index (χ0n) is 2.47. The van der Waals surface area contributed by atoms with E-state index in [0.717, 1.165) is 0 Å². The third-order valence-electron chi connectivity index (χ3n) is 0. The van der Waals surface area contributed by atoms with Crippen LogP contribution in [0.2, 0.25) is 0 Å². The van der Waals surface area contributed by atoms with Gasteiger partial charge in [-0.2, -0.15) is 0 Å². The van der Waals surface area contributed by atoms with Gasteiger partial charge in [-0.05, 0) is 0 Å². The molecule has 28 valence electrons. The average molecular weight is 244 g/mol. The summed E-state index contributed by atoms with van der Waals surface area (Å²) in [7, 11) is 0. The van der Waals surface area contributed by atoms with Gasteiger partial charge in [0.15, 0.2) is 0 Å². The minimum atomic E-state index is -0.833. The van der Waals surface area contributed by atoms with Crippen LogP contribution in [0.4, 0.5) is 4.79 Å². The van der Waals surface area contributed by atoms with E-state index in [1.165, 1.54) is 0 Å². The second kappa shape index (κ2) is 3.96. The molecule has 0 aromatic rings. The molecule has 0 aliphatic heterocycles. The number of rotatable bonds is 0. The van der Waals surface area contributed by atoms with Crippen LogP contribution < -0.4 is 11.5 Å². The summed E-state index contributed by atoms with van der Waals surface area (Å²) < 4.78 is 0. The first-order chi connectivity index (χ1) is 1.73. The van der Waals surface area contributed by atoms with E-state index in [-0.39, 0.29) is 21.1 Å². The molecule has 0 fully saturated rings. The summed E-state index contributed by atoms with van der Waals surface area (Å²) in [5.41, 5.74) is 8.50. The quantitative estimate of drug-likeness (QED) is 0.565. The van der Waals surface area contributed by atoms with Crippen molar-refractivity contribution in [1.29, 1.82) is 0 Å². The van der Waals surface area contributed by atoms with Crippen molar-refractivity contribution in [3.05, 3.63) is 0 Å². The van der Waals surface area contributed by atoms with Gasteiger partial charge in [-0.1, -0.05) is 0 Å². The minimum Gasteiger partial charge on any atom is -0.352 e. The third kappa shape index (κ3) is 8730. The topological polar surface area (TPSA) is 69.1 Å². The maximum atomic E-state index is 9.00. The number of primary amides is 2. The second-order valence-electron chi connectivity index (χ2n) is 0.402. The molecule has 0 radical (unpaired) electrons. The van der Waals surface area contributed by atoms with Crippen LogP contribution in [0, 0.1) is 0 Å². The van der Waals surface area contributed by atoms with Crippen LogP contribution in [0.15, 0.2) is 0 Å². The smallest absolute Gasteiger partial charge is 0.352 e. The fourth-order valence-corrected chi connectivity index (χ4v) is 0. The Bertz CT molecular complexity index is 32.6. The Hall–Kier alpha value is -0.0417. The summed E-state index contributed by atoms with van der Waals surface area (Å²) in [5.74, 6) is 0. The largest absolute Gasteiger partial charge is 2.00 e. The Labute approximate surface area is 44.0 Å². The average Bonchev–Trinajstić information content (AvgIpc) is 0.811. The van der Waals surface area contributed by atoms with Crippen molar-refractivity contribution < 1.29 is 25.9 Å². The van der Waals surface area contributed by atoms with E-state index >= 15 is 0 Å².